The second-order valence-electron chi connectivity index (χ2n) is 4.96. The maximum absolute atomic E-state index is 11.6. The van der Waals surface area contributed by atoms with Crippen LogP contribution in [0.25, 0.3) is 0 Å². The molecule has 0 saturated carbocycles. The molecule has 0 aromatic heterocycles. The summed E-state index contributed by atoms with van der Waals surface area (Å²) in [4.78, 5) is 11.6. The summed E-state index contributed by atoms with van der Waals surface area (Å²) >= 11 is 0. The topological polar surface area (TPSA) is 49.3 Å². The van der Waals surface area contributed by atoms with Crippen LogP contribution in [0.5, 0.6) is 0 Å². The van der Waals surface area contributed by atoms with Gasteiger partial charge in [-0.1, -0.05) is 24.3 Å². The lowest BCUT2D eigenvalue weighted by molar-refractivity contribution is 0.0713. The first kappa shape index (κ1) is 13.9. The molecule has 0 fully saturated rings. The maximum Gasteiger partial charge on any atom is 0.176 e. The largest absolute Gasteiger partial charge is 0.390 e. The van der Waals surface area contributed by atoms with Crippen LogP contribution in [0.4, 0.5) is 0 Å². The van der Waals surface area contributed by atoms with Crippen molar-refractivity contribution in [3.63, 3.8) is 0 Å². The highest BCUT2D eigenvalue weighted by Crippen LogP contribution is 2.13. The molecule has 0 unspecified atom stereocenters. The summed E-state index contributed by atoms with van der Waals surface area (Å²) in [5.74, 6) is 0.0986. The van der Waals surface area contributed by atoms with Crippen LogP contribution >= 0.6 is 0 Å². The van der Waals surface area contributed by atoms with E-state index >= 15 is 0 Å². The second-order valence-corrected chi connectivity index (χ2v) is 4.96. The van der Waals surface area contributed by atoms with Gasteiger partial charge in [0.25, 0.3) is 0 Å². The zero-order valence-electron chi connectivity index (χ0n) is 10.8. The fourth-order valence-corrected chi connectivity index (χ4v) is 1.57. The number of aryl methyl sites for hydroxylation is 1. The van der Waals surface area contributed by atoms with Gasteiger partial charge >= 0.3 is 0 Å². The standard InChI is InChI=1S/C14H21NO2/c1-14(2,17)9-8-11-4-6-12(7-5-11)13(16)10-15-3/h4-7,15,17H,8-10H2,1-3H3. The Hall–Kier alpha value is -1.19. The lowest BCUT2D eigenvalue weighted by atomic mass is 9.98. The van der Waals surface area contributed by atoms with Crippen molar-refractivity contribution in [3.8, 4) is 0 Å². The highest BCUT2D eigenvalue weighted by Gasteiger charge is 2.12. The van der Waals surface area contributed by atoms with Crippen LogP contribution in [0.2, 0.25) is 0 Å². The van der Waals surface area contributed by atoms with Gasteiger partial charge in [-0.15, -0.1) is 0 Å². The molecule has 0 bridgehead atoms. The van der Waals surface area contributed by atoms with Crippen molar-refractivity contribution in [2.45, 2.75) is 32.3 Å². The van der Waals surface area contributed by atoms with E-state index < -0.39 is 5.60 Å². The number of aliphatic hydroxyl groups is 1. The minimum Gasteiger partial charge on any atom is -0.390 e. The van der Waals surface area contributed by atoms with Crippen molar-refractivity contribution < 1.29 is 9.90 Å². The molecule has 0 aliphatic heterocycles. The van der Waals surface area contributed by atoms with Crippen molar-refractivity contribution in [2.24, 2.45) is 0 Å². The Morgan fingerprint density at radius 2 is 1.88 bits per heavy atom. The second kappa shape index (κ2) is 5.94. The Kier molecular flexibility index (Phi) is 4.85. The Balaban J connectivity index is 2.59. The summed E-state index contributed by atoms with van der Waals surface area (Å²) in [6.45, 7) is 3.97. The Morgan fingerprint density at radius 1 is 1.29 bits per heavy atom. The van der Waals surface area contributed by atoms with Gasteiger partial charge in [0.15, 0.2) is 5.78 Å². The minimum atomic E-state index is -0.638. The average molecular weight is 235 g/mol. The normalized spacial score (nSPS) is 11.5. The van der Waals surface area contributed by atoms with E-state index in [9.17, 15) is 9.90 Å². The molecule has 3 nitrogen and oxygen atoms in total. The van der Waals surface area contributed by atoms with Gasteiger partial charge in [-0.2, -0.15) is 0 Å². The molecule has 0 aliphatic rings. The van der Waals surface area contributed by atoms with E-state index in [1.165, 1.54) is 0 Å². The molecule has 0 aliphatic carbocycles. The molecule has 0 amide bonds. The molecule has 94 valence electrons. The van der Waals surface area contributed by atoms with E-state index in [4.69, 9.17) is 0 Å². The smallest absolute Gasteiger partial charge is 0.176 e. The highest BCUT2D eigenvalue weighted by atomic mass is 16.3. The molecule has 2 N–H and O–H groups in total. The molecule has 3 heteroatoms. The number of carbonyl (C=O) groups excluding carboxylic acids is 1. The van der Waals surface area contributed by atoms with Crippen LogP contribution in [0.3, 0.4) is 0 Å². The minimum absolute atomic E-state index is 0.0986. The molecule has 0 radical (unpaired) electrons. The predicted octanol–water partition coefficient (Wildman–Crippen LogP) is 1.79. The molecular weight excluding hydrogens is 214 g/mol. The van der Waals surface area contributed by atoms with E-state index in [1.54, 1.807) is 20.9 Å². The van der Waals surface area contributed by atoms with Gasteiger partial charge in [-0.3, -0.25) is 4.79 Å². The third-order valence-corrected chi connectivity index (χ3v) is 2.64. The number of ketones is 1. The van der Waals surface area contributed by atoms with Gasteiger partial charge in [0.2, 0.25) is 0 Å². The van der Waals surface area contributed by atoms with Crippen LogP contribution in [0.1, 0.15) is 36.2 Å². The zero-order chi connectivity index (χ0) is 12.9. The zero-order valence-corrected chi connectivity index (χ0v) is 10.8. The highest BCUT2D eigenvalue weighted by molar-refractivity contribution is 5.97. The van der Waals surface area contributed by atoms with Crippen molar-refractivity contribution >= 4 is 5.78 Å². The van der Waals surface area contributed by atoms with Gasteiger partial charge in [0, 0.05) is 5.56 Å². The maximum atomic E-state index is 11.6. The van der Waals surface area contributed by atoms with E-state index in [0.29, 0.717) is 6.54 Å². The number of hydrogen-bond donors (Lipinski definition) is 2. The molecule has 0 heterocycles. The van der Waals surface area contributed by atoms with Crippen LogP contribution in [-0.2, 0) is 6.42 Å². The van der Waals surface area contributed by atoms with Crippen LogP contribution in [-0.4, -0.2) is 30.1 Å². The van der Waals surface area contributed by atoms with Gasteiger partial charge in [0.1, 0.15) is 0 Å². The number of hydrogen-bond acceptors (Lipinski definition) is 3. The van der Waals surface area contributed by atoms with E-state index in [1.807, 2.05) is 24.3 Å². The lowest BCUT2D eigenvalue weighted by Gasteiger charge is -2.16. The Labute approximate surface area is 103 Å². The molecule has 0 saturated heterocycles. The fourth-order valence-electron chi connectivity index (χ4n) is 1.57. The fraction of sp³-hybridized carbons (Fsp3) is 0.500. The number of benzene rings is 1. The summed E-state index contributed by atoms with van der Waals surface area (Å²) in [5.41, 5.74) is 1.24. The number of nitrogens with one attached hydrogen (secondary N) is 1. The van der Waals surface area contributed by atoms with Crippen LogP contribution in [0.15, 0.2) is 24.3 Å². The molecule has 1 rings (SSSR count). The molecule has 0 atom stereocenters. The summed E-state index contributed by atoms with van der Waals surface area (Å²) in [7, 11) is 1.76. The van der Waals surface area contributed by atoms with E-state index in [2.05, 4.69) is 5.32 Å². The first-order valence-electron chi connectivity index (χ1n) is 5.91. The lowest BCUT2D eigenvalue weighted by Crippen LogP contribution is -2.19. The number of Topliss-reactive ketones (excluding diaryl/α,β-unsaturated/α-hetero) is 1. The van der Waals surface area contributed by atoms with Crippen molar-refractivity contribution in [1.82, 2.24) is 5.32 Å². The van der Waals surface area contributed by atoms with Crippen molar-refractivity contribution in [2.75, 3.05) is 13.6 Å². The number of carbonyl (C=O) groups is 1. The Bertz CT molecular complexity index is 363. The number of rotatable bonds is 6. The summed E-state index contributed by atoms with van der Waals surface area (Å²) < 4.78 is 0. The monoisotopic (exact) mass is 235 g/mol. The third kappa shape index (κ3) is 5.11. The molecule has 1 aromatic rings. The summed E-state index contributed by atoms with van der Waals surface area (Å²) in [6, 6.07) is 7.60. The first-order chi connectivity index (χ1) is 7.92. The van der Waals surface area contributed by atoms with Gasteiger partial charge in [-0.25, -0.2) is 0 Å². The summed E-state index contributed by atoms with van der Waals surface area (Å²) in [5, 5.41) is 12.5. The van der Waals surface area contributed by atoms with Crippen molar-refractivity contribution in [1.29, 1.82) is 0 Å². The van der Waals surface area contributed by atoms with Gasteiger partial charge in [-0.05, 0) is 39.3 Å². The van der Waals surface area contributed by atoms with E-state index in [0.717, 1.165) is 24.0 Å². The molecule has 1 aromatic carbocycles. The average Bonchev–Trinajstić information content (AvgIpc) is 2.26. The summed E-state index contributed by atoms with van der Waals surface area (Å²) in [6.07, 6.45) is 1.54. The van der Waals surface area contributed by atoms with Gasteiger partial charge in [0.05, 0.1) is 12.1 Å². The third-order valence-electron chi connectivity index (χ3n) is 2.64. The van der Waals surface area contributed by atoms with E-state index in [-0.39, 0.29) is 5.78 Å². The van der Waals surface area contributed by atoms with Crippen molar-refractivity contribution in [3.05, 3.63) is 35.4 Å². The predicted molar refractivity (Wildman–Crippen MR) is 69.3 cm³/mol. The Morgan fingerprint density at radius 3 is 2.35 bits per heavy atom. The van der Waals surface area contributed by atoms with Crippen LogP contribution < -0.4 is 5.32 Å². The van der Waals surface area contributed by atoms with Crippen LogP contribution in [0, 0.1) is 0 Å². The SMILES string of the molecule is CNCC(=O)c1ccc(CCC(C)(C)O)cc1. The first-order valence-corrected chi connectivity index (χ1v) is 5.91. The molecular formula is C14H21NO2. The van der Waals surface area contributed by atoms with Gasteiger partial charge < -0.3 is 10.4 Å². The molecule has 17 heavy (non-hydrogen) atoms. The molecule has 0 spiro atoms. The quantitative estimate of drug-likeness (QED) is 0.739. The number of likely N-dealkylation sites (N-methyl/N-ethyl adjacent to an activating group) is 1.